The van der Waals surface area contributed by atoms with Gasteiger partial charge in [0, 0.05) is 36.3 Å². The molecule has 1 aromatic heterocycles. The number of hydrogen-bond donors (Lipinski definition) is 2. The molecule has 1 aliphatic rings. The first-order valence-electron chi connectivity index (χ1n) is 10.1. The zero-order valence-corrected chi connectivity index (χ0v) is 18.0. The number of rotatable bonds is 7. The maximum atomic E-state index is 11.9. The Morgan fingerprint density at radius 2 is 1.90 bits per heavy atom. The fourth-order valence-corrected chi connectivity index (χ4v) is 2.99. The topological polar surface area (TPSA) is 89.5 Å². The van der Waals surface area contributed by atoms with Crippen molar-refractivity contribution in [1.82, 2.24) is 10.3 Å². The summed E-state index contributed by atoms with van der Waals surface area (Å²) >= 11 is 0. The second-order valence-electron chi connectivity index (χ2n) is 8.82. The number of carbonyl (C=O) groups excluding carboxylic acids is 2. The summed E-state index contributed by atoms with van der Waals surface area (Å²) in [6, 6.07) is 9.51. The molecule has 0 atom stereocenters. The Morgan fingerprint density at radius 1 is 1.13 bits per heavy atom. The molecule has 1 saturated carbocycles. The van der Waals surface area contributed by atoms with Crippen LogP contribution >= 0.6 is 0 Å². The van der Waals surface area contributed by atoms with Gasteiger partial charge in [-0.25, -0.2) is 4.79 Å². The molecule has 3 rings (SSSR count). The van der Waals surface area contributed by atoms with Gasteiger partial charge in [-0.2, -0.15) is 0 Å². The maximum absolute atomic E-state index is 11.9. The summed E-state index contributed by atoms with van der Waals surface area (Å²) in [6.07, 6.45) is 5.02. The van der Waals surface area contributed by atoms with E-state index in [-0.39, 0.29) is 11.3 Å². The van der Waals surface area contributed by atoms with Gasteiger partial charge in [-0.15, -0.1) is 0 Å². The van der Waals surface area contributed by atoms with Crippen LogP contribution in [0.5, 0.6) is 5.75 Å². The minimum absolute atomic E-state index is 0.0573. The number of hydrogen-bond acceptors (Lipinski definition) is 5. The van der Waals surface area contributed by atoms with Crippen molar-refractivity contribution >= 4 is 17.7 Å². The first-order valence-corrected chi connectivity index (χ1v) is 10.1. The summed E-state index contributed by atoms with van der Waals surface area (Å²) in [5.74, 6) is 0.554. The fraction of sp³-hybridized carbons (Fsp3) is 0.435. The number of carbonyl (C=O) groups is 2. The van der Waals surface area contributed by atoms with Crippen LogP contribution in [-0.2, 0) is 9.53 Å². The van der Waals surface area contributed by atoms with E-state index in [4.69, 9.17) is 9.47 Å². The van der Waals surface area contributed by atoms with Crippen molar-refractivity contribution in [2.45, 2.75) is 46.1 Å². The summed E-state index contributed by atoms with van der Waals surface area (Å²) < 4.78 is 11.3. The van der Waals surface area contributed by atoms with E-state index < -0.39 is 11.7 Å². The standard InChI is InChI=1S/C23H29N3O4/c1-16(27)26-19-7-5-6-17(10-19)18-11-20(13-24-12-18)29-15-23(8-9-23)14-25-21(28)30-22(2,3)4/h5-7,10-13H,8-9,14-15H2,1-4H3,(H,25,28)(H,26,27). The van der Waals surface area contributed by atoms with Gasteiger partial charge in [0.2, 0.25) is 5.91 Å². The summed E-state index contributed by atoms with van der Waals surface area (Å²) in [5, 5.41) is 5.63. The molecule has 0 bridgehead atoms. The van der Waals surface area contributed by atoms with Crippen LogP contribution in [0.4, 0.5) is 10.5 Å². The Hall–Kier alpha value is -3.09. The smallest absolute Gasteiger partial charge is 0.407 e. The molecule has 0 saturated heterocycles. The van der Waals surface area contributed by atoms with E-state index in [0.29, 0.717) is 18.9 Å². The van der Waals surface area contributed by atoms with Crippen molar-refractivity contribution in [3.8, 4) is 16.9 Å². The largest absolute Gasteiger partial charge is 0.491 e. The van der Waals surface area contributed by atoms with Crippen LogP contribution in [-0.4, -0.2) is 35.7 Å². The first kappa shape index (κ1) is 21.6. The summed E-state index contributed by atoms with van der Waals surface area (Å²) in [6.45, 7) is 8.03. The van der Waals surface area contributed by atoms with Gasteiger partial charge in [-0.3, -0.25) is 9.78 Å². The normalized spacial score (nSPS) is 14.5. The molecular formula is C23H29N3O4. The number of anilines is 1. The highest BCUT2D eigenvalue weighted by atomic mass is 16.6. The van der Waals surface area contributed by atoms with Crippen molar-refractivity contribution in [3.05, 3.63) is 42.7 Å². The second-order valence-corrected chi connectivity index (χ2v) is 8.82. The van der Waals surface area contributed by atoms with Crippen molar-refractivity contribution in [3.63, 3.8) is 0 Å². The van der Waals surface area contributed by atoms with Gasteiger partial charge in [-0.1, -0.05) is 12.1 Å². The molecule has 2 N–H and O–H groups in total. The molecule has 0 aliphatic heterocycles. The minimum Gasteiger partial charge on any atom is -0.491 e. The van der Waals surface area contributed by atoms with Gasteiger partial charge in [0.05, 0.1) is 12.8 Å². The SMILES string of the molecule is CC(=O)Nc1cccc(-c2cncc(OCC3(CNC(=O)OC(C)(C)C)CC3)c2)c1. The van der Waals surface area contributed by atoms with Crippen LogP contribution in [0.15, 0.2) is 42.7 Å². The van der Waals surface area contributed by atoms with E-state index in [9.17, 15) is 9.59 Å². The number of pyridine rings is 1. The monoisotopic (exact) mass is 411 g/mol. The Morgan fingerprint density at radius 3 is 2.57 bits per heavy atom. The van der Waals surface area contributed by atoms with Crippen molar-refractivity contribution < 1.29 is 19.1 Å². The second kappa shape index (κ2) is 8.73. The molecule has 2 amide bonds. The number of alkyl carbamates (subject to hydrolysis) is 1. The molecule has 7 nitrogen and oxygen atoms in total. The van der Waals surface area contributed by atoms with Crippen molar-refractivity contribution in [2.24, 2.45) is 5.41 Å². The summed E-state index contributed by atoms with van der Waals surface area (Å²) in [5.41, 5.74) is 2.00. The Kier molecular flexibility index (Phi) is 6.29. The zero-order chi connectivity index (χ0) is 21.8. The van der Waals surface area contributed by atoms with E-state index in [1.807, 2.05) is 51.1 Å². The Bertz CT molecular complexity index is 917. The van der Waals surface area contributed by atoms with Gasteiger partial charge in [0.25, 0.3) is 0 Å². The predicted octanol–water partition coefficient (Wildman–Crippen LogP) is 4.39. The van der Waals surface area contributed by atoms with Gasteiger partial charge in [-0.05, 0) is 57.4 Å². The van der Waals surface area contributed by atoms with Crippen LogP contribution in [0.3, 0.4) is 0 Å². The predicted molar refractivity (Wildman–Crippen MR) is 115 cm³/mol. The molecule has 160 valence electrons. The molecule has 7 heteroatoms. The molecule has 30 heavy (non-hydrogen) atoms. The Labute approximate surface area is 177 Å². The highest BCUT2D eigenvalue weighted by molar-refractivity contribution is 5.89. The quantitative estimate of drug-likeness (QED) is 0.705. The van der Waals surface area contributed by atoms with Crippen molar-refractivity contribution in [1.29, 1.82) is 0 Å². The molecule has 0 spiro atoms. The number of ether oxygens (including phenoxy) is 2. The maximum Gasteiger partial charge on any atom is 0.407 e. The van der Waals surface area contributed by atoms with E-state index in [1.54, 1.807) is 12.4 Å². The summed E-state index contributed by atoms with van der Waals surface area (Å²) in [4.78, 5) is 27.5. The van der Waals surface area contributed by atoms with E-state index in [0.717, 1.165) is 29.7 Å². The number of nitrogens with one attached hydrogen (secondary N) is 2. The average Bonchev–Trinajstić information content (AvgIpc) is 3.44. The Balaban J connectivity index is 1.58. The number of nitrogens with zero attached hydrogens (tertiary/aromatic N) is 1. The molecule has 1 aromatic carbocycles. The zero-order valence-electron chi connectivity index (χ0n) is 18.0. The van der Waals surface area contributed by atoms with Gasteiger partial charge < -0.3 is 20.1 Å². The number of amides is 2. The van der Waals surface area contributed by atoms with Crippen LogP contribution in [0.25, 0.3) is 11.1 Å². The minimum atomic E-state index is -0.513. The van der Waals surface area contributed by atoms with Crippen LogP contribution < -0.4 is 15.4 Å². The third-order valence-corrected chi connectivity index (χ3v) is 4.74. The van der Waals surface area contributed by atoms with Gasteiger partial charge in [0.1, 0.15) is 11.4 Å². The lowest BCUT2D eigenvalue weighted by Gasteiger charge is -2.22. The molecule has 2 aromatic rings. The third-order valence-electron chi connectivity index (χ3n) is 4.74. The van der Waals surface area contributed by atoms with E-state index >= 15 is 0 Å². The fourth-order valence-electron chi connectivity index (χ4n) is 2.99. The van der Waals surface area contributed by atoms with E-state index in [2.05, 4.69) is 15.6 Å². The highest BCUT2D eigenvalue weighted by Gasteiger charge is 2.44. The van der Waals surface area contributed by atoms with Crippen LogP contribution in [0, 0.1) is 5.41 Å². The van der Waals surface area contributed by atoms with Gasteiger partial charge in [0.15, 0.2) is 0 Å². The molecule has 0 unspecified atom stereocenters. The molecule has 1 fully saturated rings. The highest BCUT2D eigenvalue weighted by Crippen LogP contribution is 2.45. The number of aromatic nitrogens is 1. The third kappa shape index (κ3) is 6.47. The molecule has 0 radical (unpaired) electrons. The molecule has 1 aliphatic carbocycles. The van der Waals surface area contributed by atoms with E-state index in [1.165, 1.54) is 6.92 Å². The van der Waals surface area contributed by atoms with Crippen LogP contribution in [0.1, 0.15) is 40.5 Å². The average molecular weight is 412 g/mol. The lowest BCUT2D eigenvalue weighted by molar-refractivity contribution is -0.114. The lowest BCUT2D eigenvalue weighted by Crippen LogP contribution is -2.37. The van der Waals surface area contributed by atoms with Crippen molar-refractivity contribution in [2.75, 3.05) is 18.5 Å². The van der Waals surface area contributed by atoms with Gasteiger partial charge >= 0.3 is 6.09 Å². The summed E-state index contributed by atoms with van der Waals surface area (Å²) in [7, 11) is 0. The lowest BCUT2D eigenvalue weighted by atomic mass is 10.1. The molecular weight excluding hydrogens is 382 g/mol. The first-order chi connectivity index (χ1) is 14.1. The number of benzene rings is 1. The molecule has 1 heterocycles. The van der Waals surface area contributed by atoms with Crippen LogP contribution in [0.2, 0.25) is 0 Å².